The molecular weight excluding hydrogens is 263 g/mol. The summed E-state index contributed by atoms with van der Waals surface area (Å²) in [5.74, 6) is -0.200. The number of halogens is 1. The van der Waals surface area contributed by atoms with Crippen molar-refractivity contribution in [2.45, 2.75) is 12.3 Å². The van der Waals surface area contributed by atoms with Gasteiger partial charge in [0.2, 0.25) is 0 Å². The van der Waals surface area contributed by atoms with E-state index < -0.39 is 0 Å². The third kappa shape index (κ3) is 3.82. The van der Waals surface area contributed by atoms with Crippen LogP contribution < -0.4 is 10.2 Å². The minimum Gasteiger partial charge on any atom is -0.374 e. The van der Waals surface area contributed by atoms with Crippen LogP contribution in [0.15, 0.2) is 54.6 Å². The lowest BCUT2D eigenvalue weighted by Crippen LogP contribution is -2.43. The lowest BCUT2D eigenvalue weighted by Gasteiger charge is -2.35. The van der Waals surface area contributed by atoms with Gasteiger partial charge in [0, 0.05) is 31.2 Å². The molecule has 1 unspecified atom stereocenters. The van der Waals surface area contributed by atoms with Crippen molar-refractivity contribution in [2.24, 2.45) is 0 Å². The molecule has 0 aliphatic heterocycles. The van der Waals surface area contributed by atoms with Gasteiger partial charge in [-0.05, 0) is 30.8 Å². The molecule has 3 heteroatoms. The Balaban J connectivity index is 2.24. The minimum absolute atomic E-state index is 0.0446. The molecule has 1 N–H and O–H groups in total. The van der Waals surface area contributed by atoms with Crippen molar-refractivity contribution in [1.82, 2.24) is 5.32 Å². The molecule has 0 saturated heterocycles. The Morgan fingerprint density at radius 3 is 2.43 bits per heavy atom. The predicted octanol–water partition coefficient (Wildman–Crippen LogP) is 3.44. The fourth-order valence-corrected chi connectivity index (χ4v) is 2.81. The number of nitrogens with zero attached hydrogens (tertiary/aromatic N) is 1. The van der Waals surface area contributed by atoms with Gasteiger partial charge in [-0.15, -0.1) is 0 Å². The van der Waals surface area contributed by atoms with Gasteiger partial charge in [-0.3, -0.25) is 0 Å². The van der Waals surface area contributed by atoms with E-state index >= 15 is 0 Å². The smallest absolute Gasteiger partial charge is 0.125 e. The van der Waals surface area contributed by atoms with E-state index in [4.69, 9.17) is 0 Å². The van der Waals surface area contributed by atoms with E-state index in [-0.39, 0.29) is 11.2 Å². The molecule has 2 nitrogen and oxygen atoms in total. The van der Waals surface area contributed by atoms with Crippen LogP contribution in [-0.2, 0) is 5.41 Å². The van der Waals surface area contributed by atoms with Gasteiger partial charge >= 0.3 is 0 Å². The summed E-state index contributed by atoms with van der Waals surface area (Å²) in [5.41, 5.74) is 2.13. The largest absolute Gasteiger partial charge is 0.374 e. The highest BCUT2D eigenvalue weighted by molar-refractivity contribution is 5.47. The second-order valence-electron chi connectivity index (χ2n) is 5.79. The van der Waals surface area contributed by atoms with Gasteiger partial charge in [0.05, 0.1) is 0 Å². The van der Waals surface area contributed by atoms with Crippen LogP contribution in [0.1, 0.15) is 12.5 Å². The molecule has 2 rings (SSSR count). The molecule has 0 amide bonds. The van der Waals surface area contributed by atoms with E-state index in [0.29, 0.717) is 0 Å². The minimum atomic E-state index is -0.200. The van der Waals surface area contributed by atoms with E-state index in [1.54, 1.807) is 12.1 Å². The van der Waals surface area contributed by atoms with Crippen LogP contribution in [0.25, 0.3) is 0 Å². The molecule has 0 fully saturated rings. The maximum Gasteiger partial charge on any atom is 0.125 e. The predicted molar refractivity (Wildman–Crippen MR) is 87.4 cm³/mol. The van der Waals surface area contributed by atoms with Crippen molar-refractivity contribution in [3.05, 3.63) is 66.0 Å². The topological polar surface area (TPSA) is 15.3 Å². The summed E-state index contributed by atoms with van der Waals surface area (Å²) >= 11 is 0. The maximum absolute atomic E-state index is 13.4. The Bertz CT molecular complexity index is 570. The zero-order chi connectivity index (χ0) is 15.3. The van der Waals surface area contributed by atoms with Crippen molar-refractivity contribution in [2.75, 3.05) is 32.1 Å². The third-order valence-corrected chi connectivity index (χ3v) is 3.87. The number of nitrogens with one attached hydrogen (secondary N) is 1. The van der Waals surface area contributed by atoms with E-state index in [1.807, 2.05) is 26.2 Å². The number of anilines is 1. The lowest BCUT2D eigenvalue weighted by molar-refractivity contribution is 0.450. The van der Waals surface area contributed by atoms with E-state index in [9.17, 15) is 4.39 Å². The zero-order valence-electron chi connectivity index (χ0n) is 12.9. The number of benzene rings is 2. The van der Waals surface area contributed by atoms with Gasteiger partial charge in [0.25, 0.3) is 0 Å². The maximum atomic E-state index is 13.4. The molecule has 21 heavy (non-hydrogen) atoms. The highest BCUT2D eigenvalue weighted by atomic mass is 19.1. The van der Waals surface area contributed by atoms with Crippen molar-refractivity contribution in [3.63, 3.8) is 0 Å². The van der Waals surface area contributed by atoms with Gasteiger partial charge in [-0.25, -0.2) is 4.39 Å². The molecule has 0 aliphatic rings. The van der Waals surface area contributed by atoms with Gasteiger partial charge in [0.15, 0.2) is 0 Å². The van der Waals surface area contributed by atoms with Gasteiger partial charge in [0.1, 0.15) is 5.82 Å². The Labute approximate surface area is 126 Å². The van der Waals surface area contributed by atoms with Crippen LogP contribution >= 0.6 is 0 Å². The molecule has 0 saturated carbocycles. The van der Waals surface area contributed by atoms with E-state index in [0.717, 1.165) is 18.8 Å². The molecule has 2 aromatic carbocycles. The fourth-order valence-electron chi connectivity index (χ4n) is 2.81. The summed E-state index contributed by atoms with van der Waals surface area (Å²) < 4.78 is 13.4. The van der Waals surface area contributed by atoms with Crippen LogP contribution in [0.3, 0.4) is 0 Å². The number of likely N-dealkylation sites (N-methyl/N-ethyl adjacent to an activating group) is 2. The van der Waals surface area contributed by atoms with Crippen molar-refractivity contribution in [3.8, 4) is 0 Å². The summed E-state index contributed by atoms with van der Waals surface area (Å²) in [4.78, 5) is 2.10. The van der Waals surface area contributed by atoms with Crippen LogP contribution in [-0.4, -0.2) is 27.2 Å². The molecule has 1 atom stereocenters. The van der Waals surface area contributed by atoms with Crippen LogP contribution in [0.2, 0.25) is 0 Å². The highest BCUT2D eigenvalue weighted by Gasteiger charge is 2.27. The molecule has 0 aromatic heterocycles. The van der Waals surface area contributed by atoms with E-state index in [1.165, 1.54) is 11.6 Å². The summed E-state index contributed by atoms with van der Waals surface area (Å²) in [6.45, 7) is 3.90. The third-order valence-electron chi connectivity index (χ3n) is 3.87. The van der Waals surface area contributed by atoms with Gasteiger partial charge in [-0.2, -0.15) is 0 Å². The Morgan fingerprint density at radius 1 is 1.10 bits per heavy atom. The SMILES string of the molecule is CNCC(C)(CN(C)c1cccc(F)c1)c1ccccc1. The number of hydrogen-bond acceptors (Lipinski definition) is 2. The summed E-state index contributed by atoms with van der Waals surface area (Å²) in [6.07, 6.45) is 0. The molecule has 2 aromatic rings. The Morgan fingerprint density at radius 2 is 1.81 bits per heavy atom. The first-order valence-electron chi connectivity index (χ1n) is 7.22. The summed E-state index contributed by atoms with van der Waals surface area (Å²) in [5, 5.41) is 3.27. The first-order valence-corrected chi connectivity index (χ1v) is 7.22. The summed E-state index contributed by atoms with van der Waals surface area (Å²) in [6, 6.07) is 17.2. The van der Waals surface area contributed by atoms with Crippen molar-refractivity contribution < 1.29 is 4.39 Å². The first kappa shape index (κ1) is 15.5. The average molecular weight is 286 g/mol. The molecule has 0 radical (unpaired) electrons. The molecular formula is C18H23FN2. The van der Waals surface area contributed by atoms with Gasteiger partial charge in [-0.1, -0.05) is 43.3 Å². The second-order valence-corrected chi connectivity index (χ2v) is 5.79. The molecule has 0 aliphatic carbocycles. The van der Waals surface area contributed by atoms with Crippen LogP contribution in [0.4, 0.5) is 10.1 Å². The van der Waals surface area contributed by atoms with Crippen molar-refractivity contribution >= 4 is 5.69 Å². The monoisotopic (exact) mass is 286 g/mol. The molecule has 0 spiro atoms. The standard InChI is InChI=1S/C18H23FN2/c1-18(13-20-2,15-8-5-4-6-9-15)14-21(3)17-11-7-10-16(19)12-17/h4-12,20H,13-14H2,1-3H3. The number of hydrogen-bond donors (Lipinski definition) is 1. The Hall–Kier alpha value is -1.87. The summed E-state index contributed by atoms with van der Waals surface area (Å²) in [7, 11) is 3.97. The second kappa shape index (κ2) is 6.72. The zero-order valence-corrected chi connectivity index (χ0v) is 12.9. The van der Waals surface area contributed by atoms with Crippen LogP contribution in [0.5, 0.6) is 0 Å². The molecule has 0 heterocycles. The number of rotatable bonds is 6. The van der Waals surface area contributed by atoms with Gasteiger partial charge < -0.3 is 10.2 Å². The quantitative estimate of drug-likeness (QED) is 0.875. The molecule has 112 valence electrons. The highest BCUT2D eigenvalue weighted by Crippen LogP contribution is 2.26. The fraction of sp³-hybridized carbons (Fsp3) is 0.333. The van der Waals surface area contributed by atoms with Crippen LogP contribution in [0, 0.1) is 5.82 Å². The first-order chi connectivity index (χ1) is 10.0. The lowest BCUT2D eigenvalue weighted by atomic mass is 9.81. The molecule has 0 bridgehead atoms. The van der Waals surface area contributed by atoms with Crippen molar-refractivity contribution in [1.29, 1.82) is 0 Å². The Kier molecular flexibility index (Phi) is 4.97. The average Bonchev–Trinajstić information content (AvgIpc) is 2.48. The normalized spacial score (nSPS) is 13.7. The van der Waals surface area contributed by atoms with E-state index in [2.05, 4.69) is 41.4 Å².